The third kappa shape index (κ3) is 4.06. The maximum absolute atomic E-state index is 11.5. The highest BCUT2D eigenvalue weighted by Crippen LogP contribution is 2.20. The van der Waals surface area contributed by atoms with E-state index < -0.39 is 0 Å². The van der Waals surface area contributed by atoms with Gasteiger partial charge in [0.25, 0.3) is 5.91 Å². The van der Waals surface area contributed by atoms with Gasteiger partial charge in [-0.3, -0.25) is 4.79 Å². The van der Waals surface area contributed by atoms with Gasteiger partial charge in [-0.1, -0.05) is 32.9 Å². The fourth-order valence-corrected chi connectivity index (χ4v) is 2.33. The molecule has 1 aromatic carbocycles. The summed E-state index contributed by atoms with van der Waals surface area (Å²) >= 11 is 0. The summed E-state index contributed by atoms with van der Waals surface area (Å²) in [6.45, 7) is 7.54. The molecule has 0 atom stereocenters. The lowest BCUT2D eigenvalue weighted by atomic mass is 9.89. The Balaban J connectivity index is 2.66. The second kappa shape index (κ2) is 7.29. The average molecular weight is 262 g/mol. The van der Waals surface area contributed by atoms with Gasteiger partial charge < -0.3 is 10.6 Å². The number of nitrogens with one attached hydrogen (secondary N) is 2. The highest BCUT2D eigenvalue weighted by atomic mass is 16.1. The van der Waals surface area contributed by atoms with Gasteiger partial charge in [0.05, 0.1) is 0 Å². The molecule has 0 aliphatic rings. The number of benzene rings is 1. The number of hydrogen-bond donors (Lipinski definition) is 2. The number of hydrogen-bond acceptors (Lipinski definition) is 2. The van der Waals surface area contributed by atoms with Gasteiger partial charge in [-0.05, 0) is 37.0 Å². The Hall–Kier alpha value is -1.35. The van der Waals surface area contributed by atoms with Gasteiger partial charge in [-0.2, -0.15) is 0 Å². The van der Waals surface area contributed by atoms with Crippen molar-refractivity contribution in [1.29, 1.82) is 0 Å². The molecule has 0 bridgehead atoms. The van der Waals surface area contributed by atoms with Crippen LogP contribution in [0.15, 0.2) is 24.3 Å². The predicted octanol–water partition coefficient (Wildman–Crippen LogP) is 3.10. The maximum atomic E-state index is 11.5. The molecule has 0 fully saturated rings. The number of amides is 1. The monoisotopic (exact) mass is 262 g/mol. The van der Waals surface area contributed by atoms with Crippen LogP contribution in [0.25, 0.3) is 0 Å². The fourth-order valence-electron chi connectivity index (χ4n) is 2.33. The lowest BCUT2D eigenvalue weighted by Crippen LogP contribution is -2.43. The average Bonchev–Trinajstić information content (AvgIpc) is 2.49. The van der Waals surface area contributed by atoms with E-state index in [2.05, 4.69) is 31.4 Å². The molecule has 0 aromatic heterocycles. The summed E-state index contributed by atoms with van der Waals surface area (Å²) in [6, 6.07) is 7.79. The van der Waals surface area contributed by atoms with Gasteiger partial charge in [0, 0.05) is 24.7 Å². The molecule has 1 aromatic rings. The number of rotatable bonds is 7. The van der Waals surface area contributed by atoms with Crippen LogP contribution in [0.1, 0.15) is 56.0 Å². The Bertz CT molecular complexity index is 385. The van der Waals surface area contributed by atoms with Crippen LogP contribution < -0.4 is 10.6 Å². The maximum Gasteiger partial charge on any atom is 0.251 e. The first-order chi connectivity index (χ1) is 9.10. The molecule has 0 radical (unpaired) electrons. The van der Waals surface area contributed by atoms with Crippen molar-refractivity contribution in [2.75, 3.05) is 7.05 Å². The first-order valence-electron chi connectivity index (χ1n) is 7.16. The summed E-state index contributed by atoms with van der Waals surface area (Å²) in [4.78, 5) is 11.5. The largest absolute Gasteiger partial charge is 0.355 e. The van der Waals surface area contributed by atoms with E-state index in [0.717, 1.165) is 25.8 Å². The van der Waals surface area contributed by atoms with E-state index in [0.29, 0.717) is 5.56 Å². The molecule has 0 heterocycles. The van der Waals surface area contributed by atoms with Gasteiger partial charge in [-0.15, -0.1) is 0 Å². The summed E-state index contributed by atoms with van der Waals surface area (Å²) in [5.74, 6) is -0.0375. The van der Waals surface area contributed by atoms with Crippen molar-refractivity contribution in [3.05, 3.63) is 35.4 Å². The summed E-state index contributed by atoms with van der Waals surface area (Å²) in [5.41, 5.74) is 2.16. The van der Waals surface area contributed by atoms with Crippen molar-refractivity contribution < 1.29 is 4.79 Å². The zero-order valence-corrected chi connectivity index (χ0v) is 12.5. The molecule has 3 heteroatoms. The Morgan fingerprint density at radius 3 is 2.00 bits per heavy atom. The van der Waals surface area contributed by atoms with E-state index in [9.17, 15) is 4.79 Å². The minimum absolute atomic E-state index is 0.0375. The van der Waals surface area contributed by atoms with Crippen LogP contribution in [0, 0.1) is 0 Å². The molecule has 0 unspecified atom stereocenters. The van der Waals surface area contributed by atoms with Crippen LogP contribution in [-0.4, -0.2) is 18.5 Å². The van der Waals surface area contributed by atoms with Crippen LogP contribution in [0.2, 0.25) is 0 Å². The third-order valence-corrected chi connectivity index (χ3v) is 4.14. The summed E-state index contributed by atoms with van der Waals surface area (Å²) in [6.07, 6.45) is 3.41. The molecule has 1 amide bonds. The third-order valence-electron chi connectivity index (χ3n) is 4.14. The second-order valence-electron chi connectivity index (χ2n) is 4.97. The quantitative estimate of drug-likeness (QED) is 0.792. The molecule has 0 spiro atoms. The first kappa shape index (κ1) is 15.7. The molecule has 0 saturated carbocycles. The van der Waals surface area contributed by atoms with E-state index in [1.807, 2.05) is 24.3 Å². The van der Waals surface area contributed by atoms with E-state index in [1.54, 1.807) is 7.05 Å². The van der Waals surface area contributed by atoms with E-state index in [4.69, 9.17) is 0 Å². The summed E-state index contributed by atoms with van der Waals surface area (Å²) in [5, 5.41) is 6.29. The van der Waals surface area contributed by atoms with Crippen molar-refractivity contribution in [1.82, 2.24) is 10.6 Å². The van der Waals surface area contributed by atoms with Gasteiger partial charge >= 0.3 is 0 Å². The van der Waals surface area contributed by atoms with Gasteiger partial charge in [0.2, 0.25) is 0 Å². The highest BCUT2D eigenvalue weighted by molar-refractivity contribution is 5.93. The van der Waals surface area contributed by atoms with Crippen molar-refractivity contribution in [2.45, 2.75) is 52.1 Å². The molecule has 106 valence electrons. The minimum Gasteiger partial charge on any atom is -0.355 e. The number of carbonyl (C=O) groups excluding carboxylic acids is 1. The standard InChI is InChI=1S/C16H26N2O/c1-5-16(6-2,7-3)18-12-13-8-10-14(11-9-13)15(19)17-4/h8-11,18H,5-7,12H2,1-4H3,(H,17,19). The van der Waals surface area contributed by atoms with E-state index in [-0.39, 0.29) is 11.4 Å². The molecular formula is C16H26N2O. The molecule has 2 N–H and O–H groups in total. The van der Waals surface area contributed by atoms with Crippen LogP contribution in [0.4, 0.5) is 0 Å². The molecule has 1 rings (SSSR count). The SMILES string of the molecule is CCC(CC)(CC)NCc1ccc(C(=O)NC)cc1. The smallest absolute Gasteiger partial charge is 0.251 e. The normalized spacial score (nSPS) is 11.4. The zero-order valence-electron chi connectivity index (χ0n) is 12.5. The van der Waals surface area contributed by atoms with Gasteiger partial charge in [0.1, 0.15) is 0 Å². The van der Waals surface area contributed by atoms with Gasteiger partial charge in [0.15, 0.2) is 0 Å². The number of carbonyl (C=O) groups is 1. The molecule has 3 nitrogen and oxygen atoms in total. The van der Waals surface area contributed by atoms with Crippen LogP contribution >= 0.6 is 0 Å². The van der Waals surface area contributed by atoms with Crippen molar-refractivity contribution >= 4 is 5.91 Å². The minimum atomic E-state index is -0.0375. The van der Waals surface area contributed by atoms with E-state index >= 15 is 0 Å². The molecule has 19 heavy (non-hydrogen) atoms. The lowest BCUT2D eigenvalue weighted by Gasteiger charge is -2.32. The molecule has 0 saturated heterocycles. The molecule has 0 aliphatic heterocycles. The van der Waals surface area contributed by atoms with Crippen molar-refractivity contribution in [3.8, 4) is 0 Å². The Morgan fingerprint density at radius 2 is 1.58 bits per heavy atom. The van der Waals surface area contributed by atoms with E-state index in [1.165, 1.54) is 5.56 Å². The fraction of sp³-hybridized carbons (Fsp3) is 0.562. The second-order valence-corrected chi connectivity index (χ2v) is 4.97. The molecule has 0 aliphatic carbocycles. The molecular weight excluding hydrogens is 236 g/mol. The van der Waals surface area contributed by atoms with Crippen molar-refractivity contribution in [3.63, 3.8) is 0 Å². The zero-order chi connectivity index (χ0) is 14.3. The first-order valence-corrected chi connectivity index (χ1v) is 7.16. The van der Waals surface area contributed by atoms with Crippen LogP contribution in [-0.2, 0) is 6.54 Å². The topological polar surface area (TPSA) is 41.1 Å². The van der Waals surface area contributed by atoms with Gasteiger partial charge in [-0.25, -0.2) is 0 Å². The Morgan fingerprint density at radius 1 is 1.05 bits per heavy atom. The highest BCUT2D eigenvalue weighted by Gasteiger charge is 2.22. The Kier molecular flexibility index (Phi) is 6.03. The lowest BCUT2D eigenvalue weighted by molar-refractivity contribution is 0.0963. The Labute approximate surface area is 116 Å². The van der Waals surface area contributed by atoms with Crippen LogP contribution in [0.5, 0.6) is 0 Å². The summed E-state index contributed by atoms with van der Waals surface area (Å²) < 4.78 is 0. The van der Waals surface area contributed by atoms with Crippen LogP contribution in [0.3, 0.4) is 0 Å². The summed E-state index contributed by atoms with van der Waals surface area (Å²) in [7, 11) is 1.65. The predicted molar refractivity (Wildman–Crippen MR) is 80.3 cm³/mol. The van der Waals surface area contributed by atoms with Crippen molar-refractivity contribution in [2.24, 2.45) is 0 Å².